The second-order valence-electron chi connectivity index (χ2n) is 6.86. The Kier molecular flexibility index (Phi) is 3.79. The molecule has 2 amide bonds. The molecule has 0 aromatic heterocycles. The number of hydrogen-bond acceptors (Lipinski definition) is 2. The second kappa shape index (κ2) is 5.99. The molecular formula is C20H19FN2O2. The summed E-state index contributed by atoms with van der Waals surface area (Å²) in [5.74, 6) is -0.350. The predicted molar refractivity (Wildman–Crippen MR) is 91.7 cm³/mol. The number of nitrogens with two attached hydrogens (primary N) is 1. The van der Waals surface area contributed by atoms with Gasteiger partial charge >= 0.3 is 0 Å². The summed E-state index contributed by atoms with van der Waals surface area (Å²) in [4.78, 5) is 23.5. The molecule has 5 heteroatoms. The van der Waals surface area contributed by atoms with Crippen LogP contribution in [0.15, 0.2) is 42.5 Å². The van der Waals surface area contributed by atoms with Gasteiger partial charge in [0.25, 0.3) is 5.91 Å². The number of amides is 2. The Morgan fingerprint density at radius 2 is 2.00 bits per heavy atom. The van der Waals surface area contributed by atoms with Crippen molar-refractivity contribution < 1.29 is 14.0 Å². The number of carbonyl (C=O) groups is 2. The van der Waals surface area contributed by atoms with E-state index >= 15 is 0 Å². The average Bonchev–Trinajstić information content (AvgIpc) is 3.33. The Labute approximate surface area is 145 Å². The smallest absolute Gasteiger partial charge is 0.254 e. The number of halogens is 1. The molecule has 25 heavy (non-hydrogen) atoms. The zero-order chi connectivity index (χ0) is 17.6. The summed E-state index contributed by atoms with van der Waals surface area (Å²) in [6.45, 7) is 0.517. The molecule has 128 valence electrons. The van der Waals surface area contributed by atoms with E-state index in [0.29, 0.717) is 24.3 Å². The zero-order valence-electron chi connectivity index (χ0n) is 13.7. The van der Waals surface area contributed by atoms with Crippen LogP contribution in [0.1, 0.15) is 44.2 Å². The standard InChI is InChI=1S/C20H19FN2O2/c21-17-8-6-12(19(22)24)9-15(17)20(25)23-10-16-14-7-5-11-3-1-2-4-13(11)18(14)16/h1-4,6,8-9,14,16,18H,5,7,10H2,(H2,22,24)(H,23,25). The molecule has 0 heterocycles. The Morgan fingerprint density at radius 1 is 1.20 bits per heavy atom. The first kappa shape index (κ1) is 15.8. The molecule has 3 unspecified atom stereocenters. The SMILES string of the molecule is NC(=O)c1ccc(F)c(C(=O)NCC2C3CCc4ccccc4C32)c1. The van der Waals surface area contributed by atoms with Crippen molar-refractivity contribution in [1.29, 1.82) is 0 Å². The molecule has 4 nitrogen and oxygen atoms in total. The third kappa shape index (κ3) is 2.80. The first-order valence-electron chi connectivity index (χ1n) is 8.51. The maximum absolute atomic E-state index is 13.9. The van der Waals surface area contributed by atoms with Gasteiger partial charge in [0.1, 0.15) is 5.82 Å². The number of benzene rings is 2. The first-order chi connectivity index (χ1) is 12.1. The molecule has 1 saturated carbocycles. The molecular weight excluding hydrogens is 319 g/mol. The van der Waals surface area contributed by atoms with Crippen molar-refractivity contribution in [2.24, 2.45) is 17.6 Å². The summed E-state index contributed by atoms with van der Waals surface area (Å²) >= 11 is 0. The minimum Gasteiger partial charge on any atom is -0.366 e. The zero-order valence-corrected chi connectivity index (χ0v) is 13.7. The van der Waals surface area contributed by atoms with Crippen LogP contribution >= 0.6 is 0 Å². The van der Waals surface area contributed by atoms with Gasteiger partial charge in [-0.25, -0.2) is 4.39 Å². The number of primary amides is 1. The molecule has 1 fully saturated rings. The highest BCUT2D eigenvalue weighted by atomic mass is 19.1. The highest BCUT2D eigenvalue weighted by Gasteiger charge is 2.52. The summed E-state index contributed by atoms with van der Waals surface area (Å²) in [5, 5.41) is 2.82. The number of fused-ring (bicyclic) bond motifs is 3. The minimum absolute atomic E-state index is 0.126. The van der Waals surface area contributed by atoms with Gasteiger partial charge < -0.3 is 11.1 Å². The van der Waals surface area contributed by atoms with E-state index in [4.69, 9.17) is 5.73 Å². The lowest BCUT2D eigenvalue weighted by Gasteiger charge is -2.13. The van der Waals surface area contributed by atoms with E-state index in [1.807, 2.05) is 0 Å². The van der Waals surface area contributed by atoms with Gasteiger partial charge in [0, 0.05) is 12.1 Å². The van der Waals surface area contributed by atoms with Crippen LogP contribution in [0.2, 0.25) is 0 Å². The van der Waals surface area contributed by atoms with Gasteiger partial charge in [0.2, 0.25) is 5.91 Å². The number of rotatable bonds is 4. The van der Waals surface area contributed by atoms with E-state index in [-0.39, 0.29) is 11.1 Å². The van der Waals surface area contributed by atoms with Crippen LogP contribution in [0.3, 0.4) is 0 Å². The lowest BCUT2D eigenvalue weighted by atomic mass is 9.92. The fourth-order valence-electron chi connectivity index (χ4n) is 4.15. The summed E-state index contributed by atoms with van der Waals surface area (Å²) in [5.41, 5.74) is 7.97. The van der Waals surface area contributed by atoms with Crippen molar-refractivity contribution in [3.63, 3.8) is 0 Å². The fourth-order valence-corrected chi connectivity index (χ4v) is 4.15. The van der Waals surface area contributed by atoms with E-state index in [2.05, 4.69) is 29.6 Å². The van der Waals surface area contributed by atoms with Gasteiger partial charge in [0.05, 0.1) is 5.56 Å². The molecule has 0 spiro atoms. The van der Waals surface area contributed by atoms with Gasteiger partial charge in [-0.15, -0.1) is 0 Å². The molecule has 0 aliphatic heterocycles. The third-order valence-electron chi connectivity index (χ3n) is 5.49. The normalized spacial score (nSPS) is 23.3. The molecule has 3 N–H and O–H groups in total. The maximum Gasteiger partial charge on any atom is 0.254 e. The van der Waals surface area contributed by atoms with Crippen LogP contribution in [0.25, 0.3) is 0 Å². The van der Waals surface area contributed by atoms with Crippen LogP contribution in [-0.2, 0) is 6.42 Å². The summed E-state index contributed by atoms with van der Waals surface area (Å²) in [7, 11) is 0. The third-order valence-corrected chi connectivity index (χ3v) is 5.49. The van der Waals surface area contributed by atoms with Crippen LogP contribution < -0.4 is 11.1 Å². The van der Waals surface area contributed by atoms with Crippen molar-refractivity contribution in [2.45, 2.75) is 18.8 Å². The first-order valence-corrected chi connectivity index (χ1v) is 8.51. The largest absolute Gasteiger partial charge is 0.366 e. The number of aryl methyl sites for hydroxylation is 1. The lowest BCUT2D eigenvalue weighted by molar-refractivity contribution is 0.0947. The minimum atomic E-state index is -0.682. The van der Waals surface area contributed by atoms with Gasteiger partial charge in [-0.1, -0.05) is 24.3 Å². The molecule has 0 bridgehead atoms. The van der Waals surface area contributed by atoms with Crippen molar-refractivity contribution in [2.75, 3.05) is 6.54 Å². The molecule has 2 aliphatic carbocycles. The van der Waals surface area contributed by atoms with Crippen molar-refractivity contribution >= 4 is 11.8 Å². The van der Waals surface area contributed by atoms with E-state index in [1.165, 1.54) is 23.3 Å². The molecule has 2 aromatic rings. The van der Waals surface area contributed by atoms with E-state index in [9.17, 15) is 14.0 Å². The van der Waals surface area contributed by atoms with Crippen LogP contribution in [0.4, 0.5) is 4.39 Å². The summed E-state index contributed by atoms with van der Waals surface area (Å²) in [6.07, 6.45) is 2.21. The van der Waals surface area contributed by atoms with Crippen molar-refractivity contribution in [3.8, 4) is 0 Å². The molecule has 2 aliphatic rings. The lowest BCUT2D eigenvalue weighted by Crippen LogP contribution is -2.27. The van der Waals surface area contributed by atoms with Gasteiger partial charge in [-0.3, -0.25) is 9.59 Å². The Balaban J connectivity index is 1.44. The van der Waals surface area contributed by atoms with Gasteiger partial charge in [-0.05, 0) is 59.9 Å². The predicted octanol–water partition coefficient (Wildman–Crippen LogP) is 2.63. The Bertz CT molecular complexity index is 865. The average molecular weight is 338 g/mol. The van der Waals surface area contributed by atoms with Crippen molar-refractivity contribution in [3.05, 3.63) is 70.5 Å². The monoisotopic (exact) mass is 338 g/mol. The number of nitrogens with one attached hydrogen (secondary N) is 1. The van der Waals surface area contributed by atoms with Crippen molar-refractivity contribution in [1.82, 2.24) is 5.32 Å². The summed E-state index contributed by atoms with van der Waals surface area (Å²) in [6, 6.07) is 12.0. The van der Waals surface area contributed by atoms with Gasteiger partial charge in [-0.2, -0.15) is 0 Å². The molecule has 0 radical (unpaired) electrons. The highest BCUT2D eigenvalue weighted by Crippen LogP contribution is 2.59. The Hall–Kier alpha value is -2.69. The van der Waals surface area contributed by atoms with E-state index in [1.54, 1.807) is 0 Å². The Morgan fingerprint density at radius 3 is 2.80 bits per heavy atom. The maximum atomic E-state index is 13.9. The number of carbonyl (C=O) groups excluding carboxylic acids is 2. The molecule has 0 saturated heterocycles. The van der Waals surface area contributed by atoms with Crippen LogP contribution in [0, 0.1) is 17.7 Å². The molecule has 4 rings (SSSR count). The van der Waals surface area contributed by atoms with Gasteiger partial charge in [0.15, 0.2) is 0 Å². The quantitative estimate of drug-likeness (QED) is 0.899. The van der Waals surface area contributed by atoms with Crippen LogP contribution in [0.5, 0.6) is 0 Å². The molecule has 3 atom stereocenters. The molecule has 2 aromatic carbocycles. The van der Waals surface area contributed by atoms with Crippen LogP contribution in [-0.4, -0.2) is 18.4 Å². The van der Waals surface area contributed by atoms with E-state index in [0.717, 1.165) is 18.9 Å². The number of hydrogen-bond donors (Lipinski definition) is 2. The highest BCUT2D eigenvalue weighted by molar-refractivity contribution is 5.99. The second-order valence-corrected chi connectivity index (χ2v) is 6.86. The van der Waals surface area contributed by atoms with E-state index < -0.39 is 17.6 Å². The fraction of sp³-hybridized carbons (Fsp3) is 0.300. The summed E-state index contributed by atoms with van der Waals surface area (Å²) < 4.78 is 13.9. The topological polar surface area (TPSA) is 72.2 Å².